The fourth-order valence-corrected chi connectivity index (χ4v) is 2.98. The van der Waals surface area contributed by atoms with Gasteiger partial charge in [-0.05, 0) is 54.8 Å². The van der Waals surface area contributed by atoms with Gasteiger partial charge in [0.2, 0.25) is 5.89 Å². The molecular formula is C16H13BrN2O. The third-order valence-corrected chi connectivity index (χ3v) is 4.13. The quantitative estimate of drug-likeness (QED) is 0.708. The number of aromatic nitrogens is 1. The molecule has 2 heterocycles. The lowest BCUT2D eigenvalue weighted by molar-refractivity contribution is 0.619. The maximum Gasteiger partial charge on any atom is 0.227 e. The number of benzene rings is 2. The highest BCUT2D eigenvalue weighted by molar-refractivity contribution is 9.10. The van der Waals surface area contributed by atoms with Crippen molar-refractivity contribution in [3.8, 4) is 11.5 Å². The molecule has 0 atom stereocenters. The van der Waals surface area contributed by atoms with E-state index in [-0.39, 0.29) is 0 Å². The summed E-state index contributed by atoms with van der Waals surface area (Å²) in [7, 11) is 0. The number of fused-ring (bicyclic) bond motifs is 2. The Morgan fingerprint density at radius 2 is 2.10 bits per heavy atom. The molecule has 4 rings (SSSR count). The molecule has 0 spiro atoms. The van der Waals surface area contributed by atoms with Crippen LogP contribution in [0.4, 0.5) is 5.69 Å². The minimum atomic E-state index is 0.687. The van der Waals surface area contributed by atoms with E-state index in [2.05, 4.69) is 44.4 Å². The van der Waals surface area contributed by atoms with Crippen LogP contribution in [0.5, 0.6) is 0 Å². The first-order valence-electron chi connectivity index (χ1n) is 6.73. The fourth-order valence-electron chi connectivity index (χ4n) is 2.63. The lowest BCUT2D eigenvalue weighted by atomic mass is 10.0. The van der Waals surface area contributed by atoms with E-state index in [0.717, 1.165) is 34.1 Å². The van der Waals surface area contributed by atoms with E-state index in [1.807, 2.05) is 18.2 Å². The van der Waals surface area contributed by atoms with Crippen molar-refractivity contribution in [1.29, 1.82) is 0 Å². The van der Waals surface area contributed by atoms with Crippen LogP contribution in [-0.4, -0.2) is 11.5 Å². The van der Waals surface area contributed by atoms with Crippen LogP contribution in [0.25, 0.3) is 22.6 Å². The summed E-state index contributed by atoms with van der Waals surface area (Å²) in [6, 6.07) is 12.2. The molecule has 0 saturated heterocycles. The highest BCUT2D eigenvalue weighted by Crippen LogP contribution is 2.30. The Morgan fingerprint density at radius 3 is 3.05 bits per heavy atom. The number of nitrogens with one attached hydrogen (secondary N) is 1. The predicted octanol–water partition coefficient (Wildman–Crippen LogP) is 4.62. The second kappa shape index (κ2) is 4.63. The molecule has 0 bridgehead atoms. The van der Waals surface area contributed by atoms with Crippen molar-refractivity contribution < 1.29 is 4.42 Å². The maximum atomic E-state index is 5.85. The summed E-state index contributed by atoms with van der Waals surface area (Å²) in [6.45, 7) is 1.06. The van der Waals surface area contributed by atoms with Gasteiger partial charge in [-0.2, -0.15) is 0 Å². The van der Waals surface area contributed by atoms with Crippen molar-refractivity contribution in [2.24, 2.45) is 0 Å². The molecule has 1 aliphatic heterocycles. The van der Waals surface area contributed by atoms with Crippen LogP contribution in [0.3, 0.4) is 0 Å². The number of oxazole rings is 1. The number of nitrogens with zero attached hydrogens (tertiary/aromatic N) is 1. The van der Waals surface area contributed by atoms with Crippen LogP contribution >= 0.6 is 15.9 Å². The zero-order valence-corrected chi connectivity index (χ0v) is 12.4. The topological polar surface area (TPSA) is 38.1 Å². The Balaban J connectivity index is 1.82. The van der Waals surface area contributed by atoms with Crippen molar-refractivity contribution in [3.05, 3.63) is 46.4 Å². The average Bonchev–Trinajstić information content (AvgIpc) is 2.89. The smallest absolute Gasteiger partial charge is 0.227 e. The molecule has 0 amide bonds. The summed E-state index contributed by atoms with van der Waals surface area (Å²) in [4.78, 5) is 4.58. The summed E-state index contributed by atoms with van der Waals surface area (Å²) in [5.41, 5.74) is 5.32. The highest BCUT2D eigenvalue weighted by atomic mass is 79.9. The predicted molar refractivity (Wildman–Crippen MR) is 84.0 cm³/mol. The van der Waals surface area contributed by atoms with Crippen molar-refractivity contribution >= 4 is 32.7 Å². The molecule has 0 saturated carbocycles. The molecule has 1 aliphatic rings. The number of rotatable bonds is 1. The summed E-state index contributed by atoms with van der Waals surface area (Å²) < 4.78 is 6.86. The van der Waals surface area contributed by atoms with Gasteiger partial charge in [-0.25, -0.2) is 4.98 Å². The van der Waals surface area contributed by atoms with Crippen LogP contribution in [0.2, 0.25) is 0 Å². The van der Waals surface area contributed by atoms with E-state index < -0.39 is 0 Å². The summed E-state index contributed by atoms with van der Waals surface area (Å²) in [5, 5.41) is 3.42. The number of halogens is 1. The van der Waals surface area contributed by atoms with Crippen LogP contribution in [0.1, 0.15) is 12.0 Å². The van der Waals surface area contributed by atoms with Crippen LogP contribution in [-0.2, 0) is 6.42 Å². The van der Waals surface area contributed by atoms with Crippen LogP contribution in [0.15, 0.2) is 45.3 Å². The largest absolute Gasteiger partial charge is 0.436 e. The van der Waals surface area contributed by atoms with Crippen molar-refractivity contribution in [2.45, 2.75) is 12.8 Å². The van der Waals surface area contributed by atoms with Gasteiger partial charge in [0, 0.05) is 22.3 Å². The van der Waals surface area contributed by atoms with E-state index in [9.17, 15) is 0 Å². The first kappa shape index (κ1) is 12.0. The number of hydrogen-bond donors (Lipinski definition) is 1. The van der Waals surface area contributed by atoms with E-state index in [0.29, 0.717) is 5.89 Å². The highest BCUT2D eigenvalue weighted by Gasteiger charge is 2.13. The molecule has 2 aromatic carbocycles. The molecule has 0 fully saturated rings. The molecule has 4 heteroatoms. The standard InChI is InChI=1S/C16H13BrN2O/c17-12-4-6-15-14(9-12)19-16(20-15)11-3-5-13-10(8-11)2-1-7-18-13/h3-6,8-9,18H,1-2,7H2. The molecule has 0 unspecified atom stereocenters. The first-order valence-corrected chi connectivity index (χ1v) is 7.52. The van der Waals surface area contributed by atoms with Gasteiger partial charge in [-0.1, -0.05) is 15.9 Å². The van der Waals surface area contributed by atoms with Gasteiger partial charge in [0.1, 0.15) is 5.52 Å². The van der Waals surface area contributed by atoms with Crippen LogP contribution in [0, 0.1) is 0 Å². The van der Waals surface area contributed by atoms with Gasteiger partial charge in [0.25, 0.3) is 0 Å². The molecule has 3 nitrogen and oxygen atoms in total. The van der Waals surface area contributed by atoms with E-state index in [4.69, 9.17) is 4.42 Å². The van der Waals surface area contributed by atoms with Gasteiger partial charge in [-0.3, -0.25) is 0 Å². The summed E-state index contributed by atoms with van der Waals surface area (Å²) in [5.74, 6) is 0.687. The third kappa shape index (κ3) is 2.00. The second-order valence-corrected chi connectivity index (χ2v) is 5.95. The van der Waals surface area contributed by atoms with Gasteiger partial charge in [-0.15, -0.1) is 0 Å². The summed E-state index contributed by atoms with van der Waals surface area (Å²) in [6.07, 6.45) is 2.29. The zero-order chi connectivity index (χ0) is 13.5. The third-order valence-electron chi connectivity index (χ3n) is 3.64. The Kier molecular flexibility index (Phi) is 2.77. The zero-order valence-electron chi connectivity index (χ0n) is 10.8. The average molecular weight is 329 g/mol. The monoisotopic (exact) mass is 328 g/mol. The first-order chi connectivity index (χ1) is 9.79. The van der Waals surface area contributed by atoms with E-state index in [1.54, 1.807) is 0 Å². The molecule has 20 heavy (non-hydrogen) atoms. The molecule has 3 aromatic rings. The molecule has 0 aliphatic carbocycles. The number of aryl methyl sites for hydroxylation is 1. The fraction of sp³-hybridized carbons (Fsp3) is 0.188. The lowest BCUT2D eigenvalue weighted by Crippen LogP contribution is -2.11. The van der Waals surface area contributed by atoms with E-state index in [1.165, 1.54) is 17.7 Å². The number of hydrogen-bond acceptors (Lipinski definition) is 3. The molecular weight excluding hydrogens is 316 g/mol. The van der Waals surface area contributed by atoms with Crippen molar-refractivity contribution in [3.63, 3.8) is 0 Å². The van der Waals surface area contributed by atoms with E-state index >= 15 is 0 Å². The van der Waals surface area contributed by atoms with Gasteiger partial charge < -0.3 is 9.73 Å². The summed E-state index contributed by atoms with van der Waals surface area (Å²) >= 11 is 3.46. The normalized spacial score (nSPS) is 14.1. The van der Waals surface area contributed by atoms with Gasteiger partial charge in [0.15, 0.2) is 5.58 Å². The minimum Gasteiger partial charge on any atom is -0.436 e. The van der Waals surface area contributed by atoms with Crippen molar-refractivity contribution in [2.75, 3.05) is 11.9 Å². The molecule has 100 valence electrons. The SMILES string of the molecule is Brc1ccc2oc(-c3ccc4c(c3)CCCN4)nc2c1. The number of anilines is 1. The Hall–Kier alpha value is -1.81. The minimum absolute atomic E-state index is 0.687. The molecule has 1 aromatic heterocycles. The Morgan fingerprint density at radius 1 is 1.15 bits per heavy atom. The Bertz CT molecular complexity index is 794. The van der Waals surface area contributed by atoms with Gasteiger partial charge in [0.05, 0.1) is 0 Å². The van der Waals surface area contributed by atoms with Crippen LogP contribution < -0.4 is 5.32 Å². The lowest BCUT2D eigenvalue weighted by Gasteiger charge is -2.17. The van der Waals surface area contributed by atoms with Crippen molar-refractivity contribution in [1.82, 2.24) is 4.98 Å². The molecule has 1 N–H and O–H groups in total. The van der Waals surface area contributed by atoms with Gasteiger partial charge >= 0.3 is 0 Å². The molecule has 0 radical (unpaired) electrons. The maximum absolute atomic E-state index is 5.85. The second-order valence-electron chi connectivity index (χ2n) is 5.03. The Labute approximate surface area is 125 Å².